The highest BCUT2D eigenvalue weighted by Gasteiger charge is 2.39. The molecule has 2 atom stereocenters. The summed E-state index contributed by atoms with van der Waals surface area (Å²) in [5.41, 5.74) is 5.66. The minimum atomic E-state index is -0.720. The van der Waals surface area contributed by atoms with Gasteiger partial charge in [-0.1, -0.05) is 0 Å². The number of thioether (sulfide) groups is 1. The summed E-state index contributed by atoms with van der Waals surface area (Å²) in [6.45, 7) is 2.39. The topological polar surface area (TPSA) is 122 Å². The summed E-state index contributed by atoms with van der Waals surface area (Å²) in [5, 5.41) is 4.51. The molecule has 8 nitrogen and oxygen atoms in total. The van der Waals surface area contributed by atoms with Crippen LogP contribution in [0.25, 0.3) is 0 Å². The lowest BCUT2D eigenvalue weighted by atomic mass is 10.3. The largest absolute Gasteiger partial charge is 0.358 e. The summed E-state index contributed by atoms with van der Waals surface area (Å²) in [6, 6.07) is -0.720. The van der Waals surface area contributed by atoms with Crippen LogP contribution in [-0.2, 0) is 19.2 Å². The van der Waals surface area contributed by atoms with Crippen LogP contribution in [0.15, 0.2) is 0 Å². The van der Waals surface area contributed by atoms with Crippen LogP contribution in [0, 0.1) is 0 Å². The van der Waals surface area contributed by atoms with Crippen molar-refractivity contribution in [2.45, 2.75) is 31.1 Å². The van der Waals surface area contributed by atoms with Crippen LogP contribution in [0.4, 0.5) is 0 Å². The molecule has 0 radical (unpaired) electrons. The molecule has 0 aromatic rings. The number of imide groups is 1. The maximum absolute atomic E-state index is 12.1. The van der Waals surface area contributed by atoms with Gasteiger partial charge in [0.05, 0.1) is 11.3 Å². The van der Waals surface area contributed by atoms with Gasteiger partial charge in [0.15, 0.2) is 0 Å². The molecule has 1 rings (SSSR count). The van der Waals surface area contributed by atoms with E-state index in [0.717, 1.165) is 4.90 Å². The van der Waals surface area contributed by atoms with Gasteiger partial charge >= 0.3 is 0 Å². The minimum Gasteiger partial charge on any atom is -0.358 e. The normalized spacial score (nSPS) is 19.2. The van der Waals surface area contributed by atoms with Gasteiger partial charge in [0.25, 0.3) is 0 Å². The van der Waals surface area contributed by atoms with Crippen molar-refractivity contribution in [2.75, 3.05) is 25.9 Å². The molecular formula is C13H22N4O4S. The van der Waals surface area contributed by atoms with E-state index >= 15 is 0 Å². The molecule has 4 N–H and O–H groups in total. The monoisotopic (exact) mass is 330 g/mol. The van der Waals surface area contributed by atoms with Gasteiger partial charge in [0.1, 0.15) is 0 Å². The molecule has 1 fully saturated rings. The summed E-state index contributed by atoms with van der Waals surface area (Å²) in [4.78, 5) is 47.8. The highest BCUT2D eigenvalue weighted by molar-refractivity contribution is 8.00. The predicted octanol–water partition coefficient (Wildman–Crippen LogP) is -1.55. The van der Waals surface area contributed by atoms with E-state index in [4.69, 9.17) is 5.73 Å². The molecule has 22 heavy (non-hydrogen) atoms. The first-order valence-corrected chi connectivity index (χ1v) is 8.15. The van der Waals surface area contributed by atoms with Gasteiger partial charge in [-0.2, -0.15) is 0 Å². The number of amides is 4. The standard InChI is InChI=1S/C13H22N4O4S/c1-3-16-10(18)4-5-17-11(19)6-9(13(17)21)22-7-8(14)12(20)15-2/h8-9H,3-7,14H2,1-2H3,(H,15,20)(H,16,18)/t8-,9?/m1/s1. The number of rotatable bonds is 8. The molecule has 0 saturated carbocycles. The summed E-state index contributed by atoms with van der Waals surface area (Å²) < 4.78 is 0. The van der Waals surface area contributed by atoms with E-state index < -0.39 is 11.3 Å². The Morgan fingerprint density at radius 3 is 2.73 bits per heavy atom. The fourth-order valence-electron chi connectivity index (χ4n) is 2.00. The van der Waals surface area contributed by atoms with Crippen molar-refractivity contribution in [1.29, 1.82) is 0 Å². The Bertz CT molecular complexity index is 457. The Labute approximate surface area is 133 Å². The third kappa shape index (κ3) is 4.99. The van der Waals surface area contributed by atoms with Crippen LogP contribution >= 0.6 is 11.8 Å². The second-order valence-corrected chi connectivity index (χ2v) is 6.07. The first-order chi connectivity index (χ1) is 10.4. The Morgan fingerprint density at radius 1 is 1.45 bits per heavy atom. The smallest absolute Gasteiger partial charge is 0.242 e. The molecule has 0 aromatic heterocycles. The third-order valence-electron chi connectivity index (χ3n) is 3.20. The van der Waals surface area contributed by atoms with Crippen molar-refractivity contribution < 1.29 is 19.2 Å². The molecule has 124 valence electrons. The number of hydrogen-bond donors (Lipinski definition) is 3. The summed E-state index contributed by atoms with van der Waals surface area (Å²) in [7, 11) is 1.49. The number of likely N-dealkylation sites (N-methyl/N-ethyl adjacent to an activating group) is 1. The highest BCUT2D eigenvalue weighted by atomic mass is 32.2. The highest BCUT2D eigenvalue weighted by Crippen LogP contribution is 2.25. The van der Waals surface area contributed by atoms with Gasteiger partial charge in [0, 0.05) is 38.7 Å². The molecule has 0 aliphatic carbocycles. The number of nitrogens with one attached hydrogen (secondary N) is 2. The number of nitrogens with zero attached hydrogens (tertiary/aromatic N) is 1. The maximum atomic E-state index is 12.1. The third-order valence-corrected chi connectivity index (χ3v) is 4.52. The zero-order valence-electron chi connectivity index (χ0n) is 12.8. The van der Waals surface area contributed by atoms with Gasteiger partial charge in [-0.05, 0) is 6.92 Å². The number of hydrogen-bond acceptors (Lipinski definition) is 6. The van der Waals surface area contributed by atoms with Crippen molar-refractivity contribution in [1.82, 2.24) is 15.5 Å². The van der Waals surface area contributed by atoms with Crippen molar-refractivity contribution in [3.8, 4) is 0 Å². The lowest BCUT2D eigenvalue weighted by molar-refractivity contribution is -0.138. The van der Waals surface area contributed by atoms with E-state index in [2.05, 4.69) is 10.6 Å². The van der Waals surface area contributed by atoms with Gasteiger partial charge in [-0.15, -0.1) is 11.8 Å². The Hall–Kier alpha value is -1.61. The summed E-state index contributed by atoms with van der Waals surface area (Å²) in [5.74, 6) is -0.852. The fourth-order valence-corrected chi connectivity index (χ4v) is 3.12. The molecule has 0 aromatic carbocycles. The van der Waals surface area contributed by atoms with Crippen molar-refractivity contribution in [3.63, 3.8) is 0 Å². The SMILES string of the molecule is CCNC(=O)CCN1C(=O)CC(SC[C@@H](N)C(=O)NC)C1=O. The van der Waals surface area contributed by atoms with Crippen LogP contribution < -0.4 is 16.4 Å². The van der Waals surface area contributed by atoms with E-state index in [0.29, 0.717) is 6.54 Å². The molecule has 4 amide bonds. The summed E-state index contributed by atoms with van der Waals surface area (Å²) >= 11 is 1.20. The Balaban J connectivity index is 2.47. The van der Waals surface area contributed by atoms with E-state index in [9.17, 15) is 19.2 Å². The van der Waals surface area contributed by atoms with E-state index in [1.54, 1.807) is 6.92 Å². The van der Waals surface area contributed by atoms with Crippen molar-refractivity contribution >= 4 is 35.4 Å². The second-order valence-electron chi connectivity index (χ2n) is 4.83. The van der Waals surface area contributed by atoms with Gasteiger partial charge in [-0.3, -0.25) is 24.1 Å². The molecule has 1 saturated heterocycles. The van der Waals surface area contributed by atoms with Crippen LogP contribution in [0.1, 0.15) is 19.8 Å². The van der Waals surface area contributed by atoms with Crippen LogP contribution in [0.5, 0.6) is 0 Å². The van der Waals surface area contributed by atoms with Gasteiger partial charge in [-0.25, -0.2) is 0 Å². The van der Waals surface area contributed by atoms with Crippen molar-refractivity contribution in [2.24, 2.45) is 5.73 Å². The number of carbonyl (C=O) groups excluding carboxylic acids is 4. The zero-order chi connectivity index (χ0) is 16.7. The molecule has 9 heteroatoms. The van der Waals surface area contributed by atoms with Crippen LogP contribution in [-0.4, -0.2) is 65.7 Å². The van der Waals surface area contributed by atoms with Crippen molar-refractivity contribution in [3.05, 3.63) is 0 Å². The van der Waals surface area contributed by atoms with Crippen LogP contribution in [0.2, 0.25) is 0 Å². The van der Waals surface area contributed by atoms with E-state index in [1.807, 2.05) is 0 Å². The quantitative estimate of drug-likeness (QED) is 0.463. The average molecular weight is 330 g/mol. The molecule has 1 unspecified atom stereocenters. The minimum absolute atomic E-state index is 0.0827. The van der Waals surface area contributed by atoms with Crippen LogP contribution in [0.3, 0.4) is 0 Å². The molecule has 1 heterocycles. The summed E-state index contributed by atoms with van der Waals surface area (Å²) in [6.07, 6.45) is 0.180. The van der Waals surface area contributed by atoms with Gasteiger partial charge in [0.2, 0.25) is 23.6 Å². The lowest BCUT2D eigenvalue weighted by Gasteiger charge is -2.15. The first-order valence-electron chi connectivity index (χ1n) is 7.10. The Kier molecular flexibility index (Phi) is 7.33. The number of likely N-dealkylation sites (tertiary alicyclic amines) is 1. The number of carbonyl (C=O) groups is 4. The molecule has 1 aliphatic rings. The first kappa shape index (κ1) is 18.4. The van der Waals surface area contributed by atoms with E-state index in [1.165, 1.54) is 18.8 Å². The molecular weight excluding hydrogens is 308 g/mol. The van der Waals surface area contributed by atoms with E-state index in [-0.39, 0.29) is 48.8 Å². The Morgan fingerprint density at radius 2 is 2.14 bits per heavy atom. The maximum Gasteiger partial charge on any atom is 0.242 e. The lowest BCUT2D eigenvalue weighted by Crippen LogP contribution is -2.41. The number of nitrogens with two attached hydrogens (primary N) is 1. The molecule has 1 aliphatic heterocycles. The molecule has 0 spiro atoms. The fraction of sp³-hybridized carbons (Fsp3) is 0.692. The predicted molar refractivity (Wildman–Crippen MR) is 82.9 cm³/mol. The van der Waals surface area contributed by atoms with Gasteiger partial charge < -0.3 is 16.4 Å². The molecule has 0 bridgehead atoms. The average Bonchev–Trinajstić information content (AvgIpc) is 2.76. The zero-order valence-corrected chi connectivity index (χ0v) is 13.6. The second kappa shape index (κ2) is 8.74.